The number of amides is 1. The van der Waals surface area contributed by atoms with Crippen molar-refractivity contribution in [3.05, 3.63) is 67.3 Å². The Morgan fingerprint density at radius 1 is 1.09 bits per heavy atom. The summed E-state index contributed by atoms with van der Waals surface area (Å²) in [6.45, 7) is 1.33. The van der Waals surface area contributed by atoms with Crippen LogP contribution >= 0.6 is 50.5 Å². The second kappa shape index (κ2) is 9.02. The molecule has 4 aromatic rings. The van der Waals surface area contributed by atoms with Crippen LogP contribution in [0, 0.1) is 0 Å². The minimum atomic E-state index is -0.0783. The van der Waals surface area contributed by atoms with Gasteiger partial charge in [0.05, 0.1) is 15.1 Å². The molecule has 10 heteroatoms. The van der Waals surface area contributed by atoms with E-state index in [1.54, 1.807) is 35.6 Å². The molecular formula is C22H16BrCl2N3O3S. The highest BCUT2D eigenvalue weighted by atomic mass is 79.9. The summed E-state index contributed by atoms with van der Waals surface area (Å²) in [5, 5.41) is 8.13. The number of thiazole rings is 1. The Morgan fingerprint density at radius 3 is 2.62 bits per heavy atom. The Balaban J connectivity index is 1.25. The molecule has 1 amide bonds. The van der Waals surface area contributed by atoms with E-state index in [2.05, 4.69) is 21.1 Å². The molecule has 0 atom stereocenters. The molecule has 0 aliphatic carbocycles. The van der Waals surface area contributed by atoms with Crippen molar-refractivity contribution < 1.29 is 13.7 Å². The van der Waals surface area contributed by atoms with Crippen molar-refractivity contribution in [3.8, 4) is 22.7 Å². The number of piperidine rings is 1. The van der Waals surface area contributed by atoms with Crippen molar-refractivity contribution in [1.82, 2.24) is 15.0 Å². The Kier molecular flexibility index (Phi) is 6.11. The Bertz CT molecular complexity index is 1280. The van der Waals surface area contributed by atoms with Gasteiger partial charge in [-0.05, 0) is 53.0 Å². The Labute approximate surface area is 206 Å². The van der Waals surface area contributed by atoms with Crippen LogP contribution in [0.25, 0.3) is 22.7 Å². The predicted octanol–water partition coefficient (Wildman–Crippen LogP) is 7.15. The molecule has 1 fully saturated rings. The van der Waals surface area contributed by atoms with Gasteiger partial charge in [-0.25, -0.2) is 4.98 Å². The van der Waals surface area contributed by atoms with E-state index in [0.29, 0.717) is 50.9 Å². The van der Waals surface area contributed by atoms with Gasteiger partial charge in [-0.1, -0.05) is 34.4 Å². The van der Waals surface area contributed by atoms with Gasteiger partial charge in [-0.3, -0.25) is 4.79 Å². The minimum Gasteiger partial charge on any atom is -0.444 e. The first-order valence-electron chi connectivity index (χ1n) is 9.90. The van der Waals surface area contributed by atoms with Crippen LogP contribution in [0.3, 0.4) is 0 Å². The van der Waals surface area contributed by atoms with Crippen LogP contribution in [0.1, 0.15) is 34.3 Å². The van der Waals surface area contributed by atoms with Gasteiger partial charge in [0.2, 0.25) is 0 Å². The summed E-state index contributed by atoms with van der Waals surface area (Å²) in [6, 6.07) is 10.6. The average molecular weight is 553 g/mol. The van der Waals surface area contributed by atoms with E-state index < -0.39 is 0 Å². The van der Waals surface area contributed by atoms with Crippen LogP contribution in [0.2, 0.25) is 10.0 Å². The van der Waals surface area contributed by atoms with Crippen LogP contribution in [0.15, 0.2) is 55.4 Å². The summed E-state index contributed by atoms with van der Waals surface area (Å²) in [7, 11) is 0. The lowest BCUT2D eigenvalue weighted by molar-refractivity contribution is 0.0679. The molecule has 0 saturated carbocycles. The van der Waals surface area contributed by atoms with Crippen molar-refractivity contribution in [2.75, 3.05) is 13.1 Å². The van der Waals surface area contributed by atoms with Gasteiger partial charge < -0.3 is 13.8 Å². The number of rotatable bonds is 4. The summed E-state index contributed by atoms with van der Waals surface area (Å²) in [5.74, 6) is 1.18. The molecule has 0 spiro atoms. The van der Waals surface area contributed by atoms with Crippen molar-refractivity contribution >= 4 is 56.4 Å². The number of likely N-dealkylation sites (tertiary alicyclic amines) is 1. The number of furan rings is 1. The highest BCUT2D eigenvalue weighted by molar-refractivity contribution is 9.10. The highest BCUT2D eigenvalue weighted by Crippen LogP contribution is 2.35. The zero-order valence-electron chi connectivity index (χ0n) is 16.6. The van der Waals surface area contributed by atoms with Gasteiger partial charge in [0.1, 0.15) is 11.4 Å². The van der Waals surface area contributed by atoms with E-state index in [-0.39, 0.29) is 5.91 Å². The molecule has 164 valence electrons. The summed E-state index contributed by atoms with van der Waals surface area (Å²) >= 11 is 16.9. The van der Waals surface area contributed by atoms with E-state index in [4.69, 9.17) is 37.1 Å². The number of carbonyl (C=O) groups excluding carboxylic acids is 1. The topological polar surface area (TPSA) is 72.4 Å². The van der Waals surface area contributed by atoms with Gasteiger partial charge in [0.25, 0.3) is 5.91 Å². The molecule has 0 N–H and O–H groups in total. The predicted molar refractivity (Wildman–Crippen MR) is 127 cm³/mol. The first-order valence-corrected chi connectivity index (χ1v) is 12.3. The smallest absolute Gasteiger partial charge is 0.289 e. The average Bonchev–Trinajstić information content (AvgIpc) is 3.56. The molecule has 0 unspecified atom stereocenters. The van der Waals surface area contributed by atoms with Crippen LogP contribution in [-0.2, 0) is 0 Å². The first kappa shape index (κ1) is 21.7. The van der Waals surface area contributed by atoms with Crippen LogP contribution in [-0.4, -0.2) is 34.0 Å². The number of hydrogen-bond acceptors (Lipinski definition) is 6. The summed E-state index contributed by atoms with van der Waals surface area (Å²) in [4.78, 5) is 19.2. The number of aromatic nitrogens is 2. The normalized spacial score (nSPS) is 14.8. The van der Waals surface area contributed by atoms with Gasteiger partial charge in [-0.15, -0.1) is 11.3 Å². The fraction of sp³-hybridized carbons (Fsp3) is 0.227. The van der Waals surface area contributed by atoms with Crippen molar-refractivity contribution in [2.24, 2.45) is 0 Å². The molecule has 0 bridgehead atoms. The standard InChI is InChI=1S/C22H16BrCl2N3O3S/c23-20-4-3-18(30-20)22(29)28-7-5-12(6-8-28)21-26-17(11-32-21)19-10-16(27-31-19)13-1-2-14(24)15(25)9-13/h1-4,9-12H,5-8H2. The van der Waals surface area contributed by atoms with Gasteiger partial charge in [-0.2, -0.15) is 0 Å². The Hall–Kier alpha value is -2.13. The molecule has 5 rings (SSSR count). The van der Waals surface area contributed by atoms with Crippen molar-refractivity contribution in [2.45, 2.75) is 18.8 Å². The van der Waals surface area contributed by atoms with Crippen molar-refractivity contribution in [1.29, 1.82) is 0 Å². The van der Waals surface area contributed by atoms with E-state index in [1.807, 2.05) is 22.4 Å². The number of benzene rings is 1. The van der Waals surface area contributed by atoms with Crippen LogP contribution in [0.5, 0.6) is 0 Å². The molecule has 0 radical (unpaired) electrons. The molecule has 3 aromatic heterocycles. The lowest BCUT2D eigenvalue weighted by Gasteiger charge is -2.30. The van der Waals surface area contributed by atoms with E-state index in [1.165, 1.54) is 0 Å². The number of nitrogens with zero attached hydrogens (tertiary/aromatic N) is 3. The number of carbonyl (C=O) groups is 1. The van der Waals surface area contributed by atoms with E-state index in [0.717, 1.165) is 29.1 Å². The molecule has 4 heterocycles. The molecule has 1 aliphatic rings. The van der Waals surface area contributed by atoms with Gasteiger partial charge in [0.15, 0.2) is 16.2 Å². The first-order chi connectivity index (χ1) is 15.5. The second-order valence-electron chi connectivity index (χ2n) is 7.45. The third-order valence-corrected chi connectivity index (χ3v) is 7.59. The van der Waals surface area contributed by atoms with E-state index in [9.17, 15) is 4.79 Å². The maximum Gasteiger partial charge on any atom is 0.289 e. The van der Waals surface area contributed by atoms with Gasteiger partial charge in [0, 0.05) is 36.0 Å². The lowest BCUT2D eigenvalue weighted by Crippen LogP contribution is -2.37. The number of hydrogen-bond donors (Lipinski definition) is 0. The van der Waals surface area contributed by atoms with E-state index >= 15 is 0 Å². The Morgan fingerprint density at radius 2 is 1.91 bits per heavy atom. The quantitative estimate of drug-likeness (QED) is 0.269. The molecule has 6 nitrogen and oxygen atoms in total. The highest BCUT2D eigenvalue weighted by Gasteiger charge is 2.28. The third-order valence-electron chi connectivity index (χ3n) is 5.42. The fourth-order valence-corrected chi connectivity index (χ4v) is 5.28. The zero-order valence-corrected chi connectivity index (χ0v) is 20.5. The maximum absolute atomic E-state index is 12.6. The number of halogens is 3. The molecule has 1 aliphatic heterocycles. The molecule has 32 heavy (non-hydrogen) atoms. The zero-order chi connectivity index (χ0) is 22.2. The minimum absolute atomic E-state index is 0.0783. The third kappa shape index (κ3) is 4.37. The largest absolute Gasteiger partial charge is 0.444 e. The van der Waals surface area contributed by atoms with Crippen LogP contribution in [0.4, 0.5) is 0 Å². The lowest BCUT2D eigenvalue weighted by atomic mass is 9.97. The monoisotopic (exact) mass is 551 g/mol. The summed E-state index contributed by atoms with van der Waals surface area (Å²) in [6.07, 6.45) is 1.71. The molecule has 1 saturated heterocycles. The second-order valence-corrected chi connectivity index (χ2v) is 9.93. The summed E-state index contributed by atoms with van der Waals surface area (Å²) < 4.78 is 11.5. The van der Waals surface area contributed by atoms with Crippen molar-refractivity contribution in [3.63, 3.8) is 0 Å². The van der Waals surface area contributed by atoms with Gasteiger partial charge >= 0.3 is 0 Å². The summed E-state index contributed by atoms with van der Waals surface area (Å²) in [5.41, 5.74) is 2.25. The maximum atomic E-state index is 12.6. The SMILES string of the molecule is O=C(c1ccc(Br)o1)N1CCC(c2nc(-c3cc(-c4ccc(Cl)c(Cl)c4)no3)cs2)CC1. The van der Waals surface area contributed by atoms with Crippen LogP contribution < -0.4 is 0 Å². The fourth-order valence-electron chi connectivity index (χ4n) is 3.69. The molecule has 1 aromatic carbocycles. The molecular weight excluding hydrogens is 537 g/mol.